The maximum atomic E-state index is 13.4. The average molecular weight is 250 g/mol. The second kappa shape index (κ2) is 4.96. The van der Waals surface area contributed by atoms with Crippen molar-refractivity contribution in [1.82, 2.24) is 4.90 Å². The fraction of sp³-hybridized carbons (Fsp3) is 0.500. The molecule has 1 aromatic carbocycles. The molecule has 1 saturated carbocycles. The number of rotatable bonds is 4. The summed E-state index contributed by atoms with van der Waals surface area (Å²) in [5, 5.41) is 0. The molecule has 0 spiro atoms. The SMILES string of the molecule is CC(C)N(CC1CC1)C(=O)c1ccc(N)c(F)c1. The van der Waals surface area contributed by atoms with E-state index >= 15 is 0 Å². The minimum atomic E-state index is -0.532. The van der Waals surface area contributed by atoms with Crippen LogP contribution in [0.25, 0.3) is 0 Å². The largest absolute Gasteiger partial charge is 0.396 e. The molecule has 0 radical (unpaired) electrons. The Hall–Kier alpha value is -1.58. The van der Waals surface area contributed by atoms with Crippen LogP contribution in [-0.4, -0.2) is 23.4 Å². The maximum absolute atomic E-state index is 13.4. The summed E-state index contributed by atoms with van der Waals surface area (Å²) in [6.45, 7) is 4.73. The summed E-state index contributed by atoms with van der Waals surface area (Å²) in [7, 11) is 0. The topological polar surface area (TPSA) is 46.3 Å². The molecule has 1 aromatic rings. The number of nitrogens with zero attached hydrogens (tertiary/aromatic N) is 1. The molecule has 0 unspecified atom stereocenters. The number of nitrogen functional groups attached to an aromatic ring is 1. The van der Waals surface area contributed by atoms with Gasteiger partial charge < -0.3 is 10.6 Å². The Balaban J connectivity index is 2.18. The van der Waals surface area contributed by atoms with E-state index < -0.39 is 5.82 Å². The van der Waals surface area contributed by atoms with E-state index in [0.29, 0.717) is 11.5 Å². The van der Waals surface area contributed by atoms with Gasteiger partial charge in [0.2, 0.25) is 0 Å². The summed E-state index contributed by atoms with van der Waals surface area (Å²) >= 11 is 0. The van der Waals surface area contributed by atoms with Gasteiger partial charge in [0.05, 0.1) is 5.69 Å². The number of benzene rings is 1. The van der Waals surface area contributed by atoms with E-state index in [1.54, 1.807) is 6.07 Å². The lowest BCUT2D eigenvalue weighted by Crippen LogP contribution is -2.38. The number of hydrogen-bond acceptors (Lipinski definition) is 2. The van der Waals surface area contributed by atoms with Gasteiger partial charge in [0.25, 0.3) is 5.91 Å². The molecule has 1 fully saturated rings. The highest BCUT2D eigenvalue weighted by Crippen LogP contribution is 2.31. The van der Waals surface area contributed by atoms with E-state index in [2.05, 4.69) is 0 Å². The van der Waals surface area contributed by atoms with Gasteiger partial charge in [-0.2, -0.15) is 0 Å². The number of anilines is 1. The molecule has 0 aliphatic heterocycles. The zero-order valence-corrected chi connectivity index (χ0v) is 10.8. The average Bonchev–Trinajstić information content (AvgIpc) is 3.12. The molecule has 3 nitrogen and oxygen atoms in total. The molecule has 0 atom stereocenters. The van der Waals surface area contributed by atoms with Crippen molar-refractivity contribution in [3.63, 3.8) is 0 Å². The molecule has 1 amide bonds. The summed E-state index contributed by atoms with van der Waals surface area (Å²) < 4.78 is 13.4. The first-order valence-electron chi connectivity index (χ1n) is 6.35. The van der Waals surface area contributed by atoms with Crippen LogP contribution in [0.1, 0.15) is 37.0 Å². The summed E-state index contributed by atoms with van der Waals surface area (Å²) in [5.41, 5.74) is 5.86. The van der Waals surface area contributed by atoms with Crippen molar-refractivity contribution >= 4 is 11.6 Å². The lowest BCUT2D eigenvalue weighted by atomic mass is 10.1. The summed E-state index contributed by atoms with van der Waals surface area (Å²) in [4.78, 5) is 14.1. The summed E-state index contributed by atoms with van der Waals surface area (Å²) in [5.74, 6) is -0.0262. The molecular formula is C14H19FN2O. The van der Waals surface area contributed by atoms with E-state index in [9.17, 15) is 9.18 Å². The van der Waals surface area contributed by atoms with E-state index in [4.69, 9.17) is 5.73 Å². The second-order valence-electron chi connectivity index (χ2n) is 5.23. The second-order valence-corrected chi connectivity index (χ2v) is 5.23. The van der Waals surface area contributed by atoms with Gasteiger partial charge >= 0.3 is 0 Å². The zero-order valence-electron chi connectivity index (χ0n) is 10.8. The fourth-order valence-electron chi connectivity index (χ4n) is 1.93. The molecule has 0 aromatic heterocycles. The van der Waals surface area contributed by atoms with Crippen LogP contribution in [0.3, 0.4) is 0 Å². The van der Waals surface area contributed by atoms with E-state index in [1.165, 1.54) is 25.0 Å². The highest BCUT2D eigenvalue weighted by atomic mass is 19.1. The first kappa shape index (κ1) is 12.9. The minimum Gasteiger partial charge on any atom is -0.396 e. The minimum absolute atomic E-state index is 0.0739. The number of hydrogen-bond donors (Lipinski definition) is 1. The Kier molecular flexibility index (Phi) is 3.55. The van der Waals surface area contributed by atoms with Crippen molar-refractivity contribution in [2.24, 2.45) is 5.92 Å². The number of halogens is 1. The molecule has 98 valence electrons. The van der Waals surface area contributed by atoms with Crippen molar-refractivity contribution < 1.29 is 9.18 Å². The van der Waals surface area contributed by atoms with Crippen LogP contribution in [-0.2, 0) is 0 Å². The van der Waals surface area contributed by atoms with Gasteiger partial charge in [-0.05, 0) is 50.8 Å². The van der Waals surface area contributed by atoms with E-state index in [1.807, 2.05) is 18.7 Å². The van der Waals surface area contributed by atoms with Crippen molar-refractivity contribution in [2.45, 2.75) is 32.7 Å². The molecule has 0 heterocycles. The molecular weight excluding hydrogens is 231 g/mol. The Morgan fingerprint density at radius 1 is 1.50 bits per heavy atom. The third-order valence-corrected chi connectivity index (χ3v) is 3.28. The van der Waals surface area contributed by atoms with Crippen LogP contribution < -0.4 is 5.73 Å². The summed E-state index contributed by atoms with van der Waals surface area (Å²) in [6, 6.07) is 4.37. The summed E-state index contributed by atoms with van der Waals surface area (Å²) in [6.07, 6.45) is 2.37. The molecule has 2 N–H and O–H groups in total. The highest BCUT2D eigenvalue weighted by Gasteiger charge is 2.28. The molecule has 0 bridgehead atoms. The number of amides is 1. The highest BCUT2D eigenvalue weighted by molar-refractivity contribution is 5.94. The van der Waals surface area contributed by atoms with Crippen LogP contribution >= 0.6 is 0 Å². The van der Waals surface area contributed by atoms with Gasteiger partial charge in [0.1, 0.15) is 5.82 Å². The van der Waals surface area contributed by atoms with Crippen LogP contribution in [0.4, 0.5) is 10.1 Å². The Morgan fingerprint density at radius 3 is 2.67 bits per heavy atom. The van der Waals surface area contributed by atoms with Crippen LogP contribution in [0.2, 0.25) is 0 Å². The predicted octanol–water partition coefficient (Wildman–Crippen LogP) is 2.67. The first-order valence-corrected chi connectivity index (χ1v) is 6.35. The van der Waals surface area contributed by atoms with Gasteiger partial charge in [0, 0.05) is 18.2 Å². The zero-order chi connectivity index (χ0) is 13.3. The molecule has 2 rings (SSSR count). The third kappa shape index (κ3) is 2.81. The third-order valence-electron chi connectivity index (χ3n) is 3.28. The lowest BCUT2D eigenvalue weighted by molar-refractivity contribution is 0.0696. The molecule has 4 heteroatoms. The van der Waals surface area contributed by atoms with Crippen LogP contribution in [0.15, 0.2) is 18.2 Å². The van der Waals surface area contributed by atoms with Gasteiger partial charge in [-0.1, -0.05) is 0 Å². The van der Waals surface area contributed by atoms with Gasteiger partial charge in [-0.25, -0.2) is 4.39 Å². The quantitative estimate of drug-likeness (QED) is 0.835. The smallest absolute Gasteiger partial charge is 0.254 e. The Bertz CT molecular complexity index is 455. The van der Waals surface area contributed by atoms with Crippen molar-refractivity contribution in [3.05, 3.63) is 29.6 Å². The molecule has 0 saturated heterocycles. The normalized spacial score (nSPS) is 14.9. The maximum Gasteiger partial charge on any atom is 0.254 e. The Morgan fingerprint density at radius 2 is 2.17 bits per heavy atom. The van der Waals surface area contributed by atoms with Gasteiger partial charge in [-0.3, -0.25) is 4.79 Å². The Labute approximate surface area is 107 Å². The van der Waals surface area contributed by atoms with Crippen LogP contribution in [0.5, 0.6) is 0 Å². The van der Waals surface area contributed by atoms with Gasteiger partial charge in [0.15, 0.2) is 0 Å². The molecule has 1 aliphatic rings. The van der Waals surface area contributed by atoms with E-state index in [-0.39, 0.29) is 17.6 Å². The molecule has 18 heavy (non-hydrogen) atoms. The van der Waals surface area contributed by atoms with Crippen molar-refractivity contribution in [3.8, 4) is 0 Å². The van der Waals surface area contributed by atoms with E-state index in [0.717, 1.165) is 6.54 Å². The monoisotopic (exact) mass is 250 g/mol. The molecule has 1 aliphatic carbocycles. The standard InChI is InChI=1S/C14H19FN2O/c1-9(2)17(8-10-3-4-10)14(18)11-5-6-13(16)12(15)7-11/h5-7,9-10H,3-4,8,16H2,1-2H3. The first-order chi connectivity index (χ1) is 8.49. The van der Waals surface area contributed by atoms with Crippen LogP contribution in [0, 0.1) is 11.7 Å². The predicted molar refractivity (Wildman–Crippen MR) is 69.7 cm³/mol. The fourth-order valence-corrected chi connectivity index (χ4v) is 1.93. The number of carbonyl (C=O) groups excluding carboxylic acids is 1. The number of carbonyl (C=O) groups is 1. The lowest BCUT2D eigenvalue weighted by Gasteiger charge is -2.27. The van der Waals surface area contributed by atoms with Gasteiger partial charge in [-0.15, -0.1) is 0 Å². The van der Waals surface area contributed by atoms with Crippen molar-refractivity contribution in [1.29, 1.82) is 0 Å². The van der Waals surface area contributed by atoms with Crippen molar-refractivity contribution in [2.75, 3.05) is 12.3 Å². The number of nitrogens with two attached hydrogens (primary N) is 1.